The van der Waals surface area contributed by atoms with Gasteiger partial charge in [-0.2, -0.15) is 0 Å². The van der Waals surface area contributed by atoms with E-state index in [9.17, 15) is 9.59 Å². The van der Waals surface area contributed by atoms with Crippen LogP contribution < -0.4 is 19.7 Å². The van der Waals surface area contributed by atoms with E-state index in [4.69, 9.17) is 9.47 Å². The highest BCUT2D eigenvalue weighted by Crippen LogP contribution is 2.35. The molecule has 0 bridgehead atoms. The van der Waals surface area contributed by atoms with E-state index < -0.39 is 6.10 Å². The fourth-order valence-electron chi connectivity index (χ4n) is 2.89. The molecule has 0 saturated carbocycles. The molecule has 0 aliphatic carbocycles. The summed E-state index contributed by atoms with van der Waals surface area (Å²) >= 11 is 0. The maximum atomic E-state index is 12.7. The molecule has 2 aromatic rings. The molecule has 0 aromatic heterocycles. The minimum absolute atomic E-state index is 0.124. The van der Waals surface area contributed by atoms with Gasteiger partial charge in [0.25, 0.3) is 11.8 Å². The predicted octanol–water partition coefficient (Wildman–Crippen LogP) is 3.86. The van der Waals surface area contributed by atoms with Gasteiger partial charge >= 0.3 is 0 Å². The normalized spacial score (nSPS) is 15.7. The zero-order valence-corrected chi connectivity index (χ0v) is 15.8. The monoisotopic (exact) mass is 368 g/mol. The molecular weight excluding hydrogens is 344 g/mol. The summed E-state index contributed by atoms with van der Waals surface area (Å²) < 4.78 is 11.3. The van der Waals surface area contributed by atoms with E-state index in [-0.39, 0.29) is 11.8 Å². The number of ether oxygens (including phenoxy) is 2. The number of para-hydroxylation sites is 1. The highest BCUT2D eigenvalue weighted by Gasteiger charge is 2.29. The van der Waals surface area contributed by atoms with E-state index in [1.165, 1.54) is 0 Å². The third kappa shape index (κ3) is 4.05. The molecule has 1 N–H and O–H groups in total. The molecule has 142 valence electrons. The minimum Gasteiger partial charge on any atom is -0.493 e. The summed E-state index contributed by atoms with van der Waals surface area (Å²) in [4.78, 5) is 26.4. The average Bonchev–Trinajstić information content (AvgIpc) is 2.67. The molecule has 1 heterocycles. The lowest BCUT2D eigenvalue weighted by Gasteiger charge is -2.30. The second-order valence-electron chi connectivity index (χ2n) is 6.49. The lowest BCUT2D eigenvalue weighted by Crippen LogP contribution is -2.41. The number of carbonyl (C=O) groups excluding carboxylic acids is 2. The van der Waals surface area contributed by atoms with Gasteiger partial charge in [0.15, 0.2) is 6.10 Å². The van der Waals surface area contributed by atoms with Crippen molar-refractivity contribution < 1.29 is 19.1 Å². The molecule has 0 fully saturated rings. The molecule has 0 saturated heterocycles. The van der Waals surface area contributed by atoms with Crippen LogP contribution in [0.25, 0.3) is 0 Å². The van der Waals surface area contributed by atoms with Gasteiger partial charge in [-0.15, -0.1) is 0 Å². The SMILES string of the molecule is CCCCOc1ccccc1C(=O)Nc1ccc2c(c1)N(C)C(=O)[C@H](C)O2. The van der Waals surface area contributed by atoms with E-state index in [0.29, 0.717) is 35.0 Å². The summed E-state index contributed by atoms with van der Waals surface area (Å²) in [5, 5.41) is 2.87. The smallest absolute Gasteiger partial charge is 0.267 e. The number of benzene rings is 2. The van der Waals surface area contributed by atoms with Crippen molar-refractivity contribution in [3.05, 3.63) is 48.0 Å². The first-order chi connectivity index (χ1) is 13.0. The Balaban J connectivity index is 1.79. The Kier molecular flexibility index (Phi) is 5.64. The number of hydrogen-bond donors (Lipinski definition) is 1. The van der Waals surface area contributed by atoms with Crippen molar-refractivity contribution in [2.24, 2.45) is 0 Å². The van der Waals surface area contributed by atoms with Crippen molar-refractivity contribution in [2.45, 2.75) is 32.8 Å². The van der Waals surface area contributed by atoms with Crippen molar-refractivity contribution in [1.29, 1.82) is 0 Å². The largest absolute Gasteiger partial charge is 0.493 e. The summed E-state index contributed by atoms with van der Waals surface area (Å²) in [6, 6.07) is 12.4. The van der Waals surface area contributed by atoms with Crippen molar-refractivity contribution in [2.75, 3.05) is 23.9 Å². The third-order valence-electron chi connectivity index (χ3n) is 4.45. The van der Waals surface area contributed by atoms with Crippen LogP contribution in [0.5, 0.6) is 11.5 Å². The number of carbonyl (C=O) groups is 2. The van der Waals surface area contributed by atoms with Gasteiger partial charge in [0, 0.05) is 12.7 Å². The van der Waals surface area contributed by atoms with Crippen LogP contribution in [0.3, 0.4) is 0 Å². The number of rotatable bonds is 6. The lowest BCUT2D eigenvalue weighted by molar-refractivity contribution is -0.125. The first-order valence-electron chi connectivity index (χ1n) is 9.12. The van der Waals surface area contributed by atoms with Crippen LogP contribution in [-0.4, -0.2) is 31.6 Å². The standard InChI is InChI=1S/C21H24N2O4/c1-4-5-12-26-18-9-7-6-8-16(18)20(24)22-15-10-11-19-17(13-15)23(3)21(25)14(2)27-19/h6-11,13-14H,4-5,12H2,1-3H3,(H,22,24)/t14-/m0/s1. The topological polar surface area (TPSA) is 67.9 Å². The Morgan fingerprint density at radius 1 is 1.26 bits per heavy atom. The van der Waals surface area contributed by atoms with Gasteiger partial charge in [0.2, 0.25) is 0 Å². The molecule has 0 radical (unpaired) electrons. The van der Waals surface area contributed by atoms with Crippen molar-refractivity contribution in [1.82, 2.24) is 0 Å². The zero-order valence-electron chi connectivity index (χ0n) is 15.8. The van der Waals surface area contributed by atoms with E-state index in [2.05, 4.69) is 12.2 Å². The van der Waals surface area contributed by atoms with Crippen molar-refractivity contribution in [3.8, 4) is 11.5 Å². The fourth-order valence-corrected chi connectivity index (χ4v) is 2.89. The first kappa shape index (κ1) is 18.8. The zero-order chi connectivity index (χ0) is 19.4. The van der Waals surface area contributed by atoms with Gasteiger partial charge in [0.1, 0.15) is 11.5 Å². The molecule has 2 aromatic carbocycles. The Labute approximate surface area is 159 Å². The van der Waals surface area contributed by atoms with Crippen LogP contribution >= 0.6 is 0 Å². The maximum absolute atomic E-state index is 12.7. The second-order valence-corrected chi connectivity index (χ2v) is 6.49. The number of nitrogens with zero attached hydrogens (tertiary/aromatic N) is 1. The Hall–Kier alpha value is -3.02. The van der Waals surface area contributed by atoms with E-state index in [1.807, 2.05) is 6.07 Å². The molecule has 6 nitrogen and oxygen atoms in total. The summed E-state index contributed by atoms with van der Waals surface area (Å²) in [6.45, 7) is 4.37. The molecule has 6 heteroatoms. The van der Waals surface area contributed by atoms with Gasteiger partial charge < -0.3 is 19.7 Å². The summed E-state index contributed by atoms with van der Waals surface area (Å²) in [5.41, 5.74) is 1.68. The molecule has 2 amide bonds. The summed E-state index contributed by atoms with van der Waals surface area (Å²) in [5.74, 6) is 0.790. The van der Waals surface area contributed by atoms with E-state index in [1.54, 1.807) is 55.3 Å². The molecule has 0 unspecified atom stereocenters. The number of hydrogen-bond acceptors (Lipinski definition) is 4. The van der Waals surface area contributed by atoms with E-state index in [0.717, 1.165) is 12.8 Å². The number of amides is 2. The molecule has 27 heavy (non-hydrogen) atoms. The van der Waals surface area contributed by atoms with Gasteiger partial charge in [-0.05, 0) is 43.7 Å². The third-order valence-corrected chi connectivity index (χ3v) is 4.45. The quantitative estimate of drug-likeness (QED) is 0.786. The van der Waals surface area contributed by atoms with Gasteiger partial charge in [-0.3, -0.25) is 9.59 Å². The maximum Gasteiger partial charge on any atom is 0.267 e. The highest BCUT2D eigenvalue weighted by atomic mass is 16.5. The van der Waals surface area contributed by atoms with E-state index >= 15 is 0 Å². The molecular formula is C21H24N2O4. The predicted molar refractivity (Wildman–Crippen MR) is 105 cm³/mol. The van der Waals surface area contributed by atoms with Gasteiger partial charge in [-0.25, -0.2) is 0 Å². The molecule has 0 spiro atoms. The van der Waals surface area contributed by atoms with Gasteiger partial charge in [0.05, 0.1) is 17.9 Å². The van der Waals surface area contributed by atoms with Gasteiger partial charge in [-0.1, -0.05) is 25.5 Å². The molecule has 1 aliphatic rings. The number of unbranched alkanes of at least 4 members (excludes halogenated alkanes) is 1. The van der Waals surface area contributed by atoms with Crippen molar-refractivity contribution in [3.63, 3.8) is 0 Å². The van der Waals surface area contributed by atoms with Crippen LogP contribution in [0.2, 0.25) is 0 Å². The van der Waals surface area contributed by atoms with Crippen LogP contribution in [0.4, 0.5) is 11.4 Å². The van der Waals surface area contributed by atoms with Crippen LogP contribution in [0, 0.1) is 0 Å². The van der Waals surface area contributed by atoms with Crippen molar-refractivity contribution >= 4 is 23.2 Å². The Morgan fingerprint density at radius 2 is 2.04 bits per heavy atom. The molecule has 1 atom stereocenters. The lowest BCUT2D eigenvalue weighted by atomic mass is 10.1. The van der Waals surface area contributed by atoms with Crippen LogP contribution in [0.15, 0.2) is 42.5 Å². The first-order valence-corrected chi connectivity index (χ1v) is 9.12. The Bertz CT molecular complexity index is 850. The summed E-state index contributed by atoms with van der Waals surface area (Å²) in [6.07, 6.45) is 1.44. The van der Waals surface area contributed by atoms with Crippen LogP contribution in [0.1, 0.15) is 37.0 Å². The summed E-state index contributed by atoms with van der Waals surface area (Å²) in [7, 11) is 1.70. The number of anilines is 2. The number of nitrogens with one attached hydrogen (secondary N) is 1. The molecule has 3 rings (SSSR count). The highest BCUT2D eigenvalue weighted by molar-refractivity contribution is 6.07. The Morgan fingerprint density at radius 3 is 2.81 bits per heavy atom. The minimum atomic E-state index is -0.518. The fraction of sp³-hybridized carbons (Fsp3) is 0.333. The number of fused-ring (bicyclic) bond motifs is 1. The van der Waals surface area contributed by atoms with Crippen LogP contribution in [-0.2, 0) is 4.79 Å². The average molecular weight is 368 g/mol. The molecule has 1 aliphatic heterocycles. The number of likely N-dealkylation sites (N-methyl/N-ethyl adjacent to an activating group) is 1. The second kappa shape index (κ2) is 8.12.